The average Bonchev–Trinajstić information content (AvgIpc) is 2.66. The lowest BCUT2D eigenvalue weighted by Gasteiger charge is -2.22. The Morgan fingerprint density at radius 1 is 1.42 bits per heavy atom. The lowest BCUT2D eigenvalue weighted by Crippen LogP contribution is -2.28. The first-order chi connectivity index (χ1) is 12.6. The molecule has 0 saturated carbocycles. The molecule has 1 aliphatic rings. The fraction of sp³-hybridized carbons (Fsp3) is 0.167. The normalized spacial score (nSPS) is 12.7. The van der Waals surface area contributed by atoms with Gasteiger partial charge < -0.3 is 19.9 Å². The number of ether oxygens (including phenoxy) is 1. The van der Waals surface area contributed by atoms with Crippen LogP contribution < -0.4 is 20.9 Å². The van der Waals surface area contributed by atoms with Crippen LogP contribution in [0.4, 0.5) is 17.1 Å². The molecule has 0 unspecified atom stereocenters. The zero-order chi connectivity index (χ0) is 18.3. The maximum absolute atomic E-state index is 12.4. The van der Waals surface area contributed by atoms with Gasteiger partial charge in [-0.25, -0.2) is 4.98 Å². The summed E-state index contributed by atoms with van der Waals surface area (Å²) >= 11 is 5.99. The highest BCUT2D eigenvalue weighted by Gasteiger charge is 2.20. The van der Waals surface area contributed by atoms with Gasteiger partial charge in [-0.1, -0.05) is 11.6 Å². The van der Waals surface area contributed by atoms with E-state index in [9.17, 15) is 10.1 Å². The number of nitriles is 1. The number of hydrogen-bond acceptors (Lipinski definition) is 6. The minimum Gasteiger partial charge on any atom is -0.484 e. The van der Waals surface area contributed by atoms with Gasteiger partial charge >= 0.3 is 0 Å². The molecule has 2 N–H and O–H groups in total. The number of hydrogen-bond donors (Lipinski definition) is 2. The van der Waals surface area contributed by atoms with Crippen LogP contribution in [0.3, 0.4) is 0 Å². The molecule has 0 atom stereocenters. The van der Waals surface area contributed by atoms with E-state index in [1.807, 2.05) is 18.2 Å². The highest BCUT2D eigenvalue weighted by molar-refractivity contribution is 6.31. The second-order valence-corrected chi connectivity index (χ2v) is 6.19. The van der Waals surface area contributed by atoms with Crippen molar-refractivity contribution in [1.29, 1.82) is 5.26 Å². The van der Waals surface area contributed by atoms with Crippen molar-refractivity contribution in [3.63, 3.8) is 0 Å². The van der Waals surface area contributed by atoms with Gasteiger partial charge in [0, 0.05) is 30.9 Å². The summed E-state index contributed by atoms with van der Waals surface area (Å²) < 4.78 is 7.13. The molecule has 3 heterocycles. The molecular formula is C18H14ClN5O2. The number of nitrogens with zero attached hydrogens (tertiary/aromatic N) is 3. The molecule has 130 valence electrons. The Labute approximate surface area is 153 Å². The van der Waals surface area contributed by atoms with Crippen molar-refractivity contribution in [1.82, 2.24) is 9.55 Å². The Hall–Kier alpha value is -3.24. The van der Waals surface area contributed by atoms with Crippen molar-refractivity contribution < 1.29 is 4.74 Å². The smallest absolute Gasteiger partial charge is 0.295 e. The predicted octanol–water partition coefficient (Wildman–Crippen LogP) is 3.01. The fourth-order valence-corrected chi connectivity index (χ4v) is 3.24. The molecule has 4 rings (SSSR count). The van der Waals surface area contributed by atoms with Gasteiger partial charge in [0.25, 0.3) is 5.56 Å². The number of fused-ring (bicyclic) bond motifs is 3. The number of pyridine rings is 2. The monoisotopic (exact) mass is 367 g/mol. The molecule has 3 aromatic rings. The molecule has 1 aromatic carbocycles. The summed E-state index contributed by atoms with van der Waals surface area (Å²) in [6.45, 7) is 1.08. The predicted molar refractivity (Wildman–Crippen MR) is 100 cm³/mol. The van der Waals surface area contributed by atoms with E-state index in [-0.39, 0.29) is 16.3 Å². The Balaban J connectivity index is 1.87. The van der Waals surface area contributed by atoms with Crippen molar-refractivity contribution in [2.45, 2.75) is 0 Å². The minimum absolute atomic E-state index is 0.146. The quantitative estimate of drug-likeness (QED) is 0.676. The molecular weight excluding hydrogens is 354 g/mol. The lowest BCUT2D eigenvalue weighted by molar-refractivity contribution is 0.317. The summed E-state index contributed by atoms with van der Waals surface area (Å²) in [6, 6.07) is 9.34. The van der Waals surface area contributed by atoms with Gasteiger partial charge in [-0.05, 0) is 24.3 Å². The zero-order valence-electron chi connectivity index (χ0n) is 13.8. The third-order valence-electron chi connectivity index (χ3n) is 4.30. The van der Waals surface area contributed by atoms with Crippen molar-refractivity contribution in [3.8, 4) is 11.8 Å². The molecule has 0 aliphatic carbocycles. The Morgan fingerprint density at radius 3 is 3.08 bits per heavy atom. The minimum atomic E-state index is -0.173. The highest BCUT2D eigenvalue weighted by Crippen LogP contribution is 2.34. The summed E-state index contributed by atoms with van der Waals surface area (Å²) in [5.41, 5.74) is 2.89. The van der Waals surface area contributed by atoms with E-state index in [2.05, 4.69) is 21.7 Å². The number of benzene rings is 1. The maximum atomic E-state index is 12.4. The summed E-state index contributed by atoms with van der Waals surface area (Å²) in [6.07, 6.45) is 1.54. The maximum Gasteiger partial charge on any atom is 0.295 e. The van der Waals surface area contributed by atoms with Crippen LogP contribution in [0.5, 0.6) is 5.75 Å². The van der Waals surface area contributed by atoms with Crippen molar-refractivity contribution in [3.05, 3.63) is 51.5 Å². The van der Waals surface area contributed by atoms with Crippen LogP contribution in [0.25, 0.3) is 10.9 Å². The van der Waals surface area contributed by atoms with E-state index in [1.165, 1.54) is 6.20 Å². The molecule has 0 fully saturated rings. The number of anilines is 3. The summed E-state index contributed by atoms with van der Waals surface area (Å²) in [5.74, 6) is 0.327. The van der Waals surface area contributed by atoms with E-state index < -0.39 is 0 Å². The molecule has 0 saturated heterocycles. The SMILES string of the molecule is Cn1c(=O)c2c(c3cc(Nc4ccnc(Cl)c4C#N)ccc31)NCCO2. The van der Waals surface area contributed by atoms with E-state index in [0.29, 0.717) is 30.3 Å². The van der Waals surface area contributed by atoms with Gasteiger partial charge in [-0.2, -0.15) is 5.26 Å². The Morgan fingerprint density at radius 2 is 2.27 bits per heavy atom. The van der Waals surface area contributed by atoms with Crippen LogP contribution in [0.1, 0.15) is 5.56 Å². The van der Waals surface area contributed by atoms with Gasteiger partial charge in [-0.3, -0.25) is 4.79 Å². The molecule has 2 aromatic heterocycles. The molecule has 0 spiro atoms. The number of aromatic nitrogens is 2. The van der Waals surface area contributed by atoms with Crippen LogP contribution in [0.2, 0.25) is 5.15 Å². The van der Waals surface area contributed by atoms with Gasteiger partial charge in [0.2, 0.25) is 5.75 Å². The first-order valence-corrected chi connectivity index (χ1v) is 8.33. The van der Waals surface area contributed by atoms with Crippen LogP contribution in [0, 0.1) is 11.3 Å². The van der Waals surface area contributed by atoms with Gasteiger partial charge in [-0.15, -0.1) is 0 Å². The molecule has 8 heteroatoms. The number of nitrogens with one attached hydrogen (secondary N) is 2. The largest absolute Gasteiger partial charge is 0.484 e. The molecule has 0 amide bonds. The van der Waals surface area contributed by atoms with Crippen molar-refractivity contribution >= 4 is 39.6 Å². The summed E-state index contributed by atoms with van der Waals surface area (Å²) in [7, 11) is 1.71. The number of halogens is 1. The summed E-state index contributed by atoms with van der Waals surface area (Å²) in [5, 5.41) is 16.7. The third-order valence-corrected chi connectivity index (χ3v) is 4.59. The first-order valence-electron chi connectivity index (χ1n) is 7.95. The fourth-order valence-electron chi connectivity index (χ4n) is 3.04. The van der Waals surface area contributed by atoms with Crippen LogP contribution >= 0.6 is 11.6 Å². The standard InChI is InChI=1S/C18H14ClN5O2/c1-24-14-3-2-10(23-13-4-5-22-17(19)12(13)9-20)8-11(14)15-16(18(24)25)26-7-6-21-15/h2-5,8,21H,6-7H2,1H3,(H,22,23). The van der Waals surface area contributed by atoms with Crippen LogP contribution in [-0.4, -0.2) is 22.7 Å². The Kier molecular flexibility index (Phi) is 3.90. The third kappa shape index (κ3) is 2.52. The first kappa shape index (κ1) is 16.2. The molecule has 1 aliphatic heterocycles. The Bertz CT molecular complexity index is 1130. The van der Waals surface area contributed by atoms with E-state index >= 15 is 0 Å². The topological polar surface area (TPSA) is 92.0 Å². The van der Waals surface area contributed by atoms with Crippen molar-refractivity contribution in [2.75, 3.05) is 23.8 Å². The number of aryl methyl sites for hydroxylation is 1. The second-order valence-electron chi connectivity index (χ2n) is 5.84. The average molecular weight is 368 g/mol. The highest BCUT2D eigenvalue weighted by atomic mass is 35.5. The van der Waals surface area contributed by atoms with Gasteiger partial charge in [0.1, 0.15) is 23.4 Å². The van der Waals surface area contributed by atoms with E-state index in [1.54, 1.807) is 17.7 Å². The van der Waals surface area contributed by atoms with Crippen molar-refractivity contribution in [2.24, 2.45) is 7.05 Å². The number of rotatable bonds is 2. The van der Waals surface area contributed by atoms with Crippen LogP contribution in [-0.2, 0) is 7.05 Å². The molecule has 0 bridgehead atoms. The molecule has 0 radical (unpaired) electrons. The molecule has 7 nitrogen and oxygen atoms in total. The van der Waals surface area contributed by atoms with E-state index in [4.69, 9.17) is 16.3 Å². The second kappa shape index (κ2) is 6.24. The lowest BCUT2D eigenvalue weighted by atomic mass is 10.1. The van der Waals surface area contributed by atoms with Crippen LogP contribution in [0.15, 0.2) is 35.3 Å². The zero-order valence-corrected chi connectivity index (χ0v) is 14.6. The molecule has 26 heavy (non-hydrogen) atoms. The van der Waals surface area contributed by atoms with Gasteiger partial charge in [0.05, 0.1) is 16.9 Å². The van der Waals surface area contributed by atoms with Gasteiger partial charge in [0.15, 0.2) is 0 Å². The summed E-state index contributed by atoms with van der Waals surface area (Å²) in [4.78, 5) is 16.4. The van der Waals surface area contributed by atoms with E-state index in [0.717, 1.165) is 16.6 Å².